The van der Waals surface area contributed by atoms with Crippen molar-refractivity contribution in [3.8, 4) is 0 Å². The van der Waals surface area contributed by atoms with Crippen molar-refractivity contribution in [2.45, 2.75) is 46.1 Å². The molecule has 1 fully saturated rings. The molecule has 2 unspecified atom stereocenters. The Bertz CT molecular complexity index is 256. The lowest BCUT2D eigenvalue weighted by Gasteiger charge is -2.34. The van der Waals surface area contributed by atoms with Crippen LogP contribution in [-0.4, -0.2) is 46.6 Å². The number of hydrogen-bond acceptors (Lipinski definition) is 3. The largest absolute Gasteiger partial charge is 0.393 e. The van der Waals surface area contributed by atoms with Gasteiger partial charge in [0.15, 0.2) is 0 Å². The van der Waals surface area contributed by atoms with Crippen molar-refractivity contribution >= 4 is 17.7 Å². The third kappa shape index (κ3) is 5.61. The molecule has 0 aromatic carbocycles. The quantitative estimate of drug-likeness (QED) is 0.755. The van der Waals surface area contributed by atoms with Crippen molar-refractivity contribution in [3.05, 3.63) is 0 Å². The second-order valence-corrected chi connectivity index (χ2v) is 6.82. The molecule has 2 atom stereocenters. The van der Waals surface area contributed by atoms with E-state index in [1.807, 2.05) is 11.8 Å². The number of rotatable bonds is 6. The standard InChI is InChI=1S/C14H27NO2S/c1-11(2)6-8-18-10-14(17)15-7-4-5-13(9-15)12(3)16/h11-13,16H,4-10H2,1-3H3. The van der Waals surface area contributed by atoms with Crippen LogP contribution in [0.15, 0.2) is 0 Å². The van der Waals surface area contributed by atoms with Crippen molar-refractivity contribution < 1.29 is 9.90 Å². The van der Waals surface area contributed by atoms with Crippen LogP contribution in [0.1, 0.15) is 40.0 Å². The van der Waals surface area contributed by atoms with Gasteiger partial charge in [-0.15, -0.1) is 0 Å². The van der Waals surface area contributed by atoms with E-state index in [0.29, 0.717) is 11.7 Å². The van der Waals surface area contributed by atoms with E-state index in [4.69, 9.17) is 0 Å². The molecule has 1 heterocycles. The van der Waals surface area contributed by atoms with E-state index in [1.54, 1.807) is 11.8 Å². The minimum absolute atomic E-state index is 0.245. The van der Waals surface area contributed by atoms with Crippen molar-refractivity contribution in [3.63, 3.8) is 0 Å². The number of aliphatic hydroxyl groups excluding tert-OH is 1. The molecule has 106 valence electrons. The lowest BCUT2D eigenvalue weighted by atomic mass is 9.93. The highest BCUT2D eigenvalue weighted by Gasteiger charge is 2.26. The van der Waals surface area contributed by atoms with Crippen LogP contribution in [0.3, 0.4) is 0 Å². The Labute approximate surface area is 115 Å². The fourth-order valence-corrected chi connectivity index (χ4v) is 3.34. The first kappa shape index (κ1) is 15.8. The van der Waals surface area contributed by atoms with Crippen LogP contribution >= 0.6 is 11.8 Å². The van der Waals surface area contributed by atoms with Gasteiger partial charge in [-0.3, -0.25) is 4.79 Å². The van der Waals surface area contributed by atoms with E-state index in [-0.39, 0.29) is 17.9 Å². The Morgan fingerprint density at radius 2 is 2.17 bits per heavy atom. The van der Waals surface area contributed by atoms with E-state index in [0.717, 1.165) is 31.7 Å². The van der Waals surface area contributed by atoms with Gasteiger partial charge in [-0.1, -0.05) is 13.8 Å². The van der Waals surface area contributed by atoms with Gasteiger partial charge in [0.25, 0.3) is 0 Å². The van der Waals surface area contributed by atoms with Crippen LogP contribution in [0.5, 0.6) is 0 Å². The van der Waals surface area contributed by atoms with Gasteiger partial charge in [0.05, 0.1) is 11.9 Å². The Hall–Kier alpha value is -0.220. The van der Waals surface area contributed by atoms with Crippen molar-refractivity contribution in [1.29, 1.82) is 0 Å². The number of nitrogens with zero attached hydrogens (tertiary/aromatic N) is 1. The zero-order valence-corrected chi connectivity index (χ0v) is 12.7. The van der Waals surface area contributed by atoms with Crippen LogP contribution in [-0.2, 0) is 4.79 Å². The van der Waals surface area contributed by atoms with Crippen LogP contribution < -0.4 is 0 Å². The first-order valence-electron chi connectivity index (χ1n) is 7.04. The molecule has 1 rings (SSSR count). The second-order valence-electron chi connectivity index (χ2n) is 5.72. The van der Waals surface area contributed by atoms with Crippen LogP contribution in [0.2, 0.25) is 0 Å². The van der Waals surface area contributed by atoms with Gasteiger partial charge in [0.2, 0.25) is 5.91 Å². The molecule has 1 aliphatic rings. The van der Waals surface area contributed by atoms with E-state index in [1.165, 1.54) is 6.42 Å². The molecule has 1 N–H and O–H groups in total. The van der Waals surface area contributed by atoms with Gasteiger partial charge in [0.1, 0.15) is 0 Å². The van der Waals surface area contributed by atoms with E-state index in [2.05, 4.69) is 13.8 Å². The number of thioether (sulfide) groups is 1. The summed E-state index contributed by atoms with van der Waals surface area (Å²) >= 11 is 1.74. The average molecular weight is 273 g/mol. The molecule has 0 aromatic heterocycles. The summed E-state index contributed by atoms with van der Waals surface area (Å²) in [4.78, 5) is 14.0. The minimum Gasteiger partial charge on any atom is -0.393 e. The molecule has 0 bridgehead atoms. The fraction of sp³-hybridized carbons (Fsp3) is 0.929. The molecular weight excluding hydrogens is 246 g/mol. The molecule has 1 aliphatic heterocycles. The van der Waals surface area contributed by atoms with Crippen LogP contribution in [0.25, 0.3) is 0 Å². The molecule has 0 aromatic rings. The highest BCUT2D eigenvalue weighted by molar-refractivity contribution is 7.99. The number of aliphatic hydroxyl groups is 1. The Morgan fingerprint density at radius 3 is 2.78 bits per heavy atom. The second kappa shape index (κ2) is 8.05. The molecule has 0 aliphatic carbocycles. The van der Waals surface area contributed by atoms with Crippen molar-refractivity contribution in [2.75, 3.05) is 24.6 Å². The molecule has 3 nitrogen and oxygen atoms in total. The monoisotopic (exact) mass is 273 g/mol. The smallest absolute Gasteiger partial charge is 0.232 e. The highest BCUT2D eigenvalue weighted by Crippen LogP contribution is 2.20. The van der Waals surface area contributed by atoms with Gasteiger partial charge >= 0.3 is 0 Å². The Morgan fingerprint density at radius 1 is 1.44 bits per heavy atom. The van der Waals surface area contributed by atoms with Gasteiger partial charge in [0, 0.05) is 19.0 Å². The van der Waals surface area contributed by atoms with Gasteiger partial charge < -0.3 is 10.0 Å². The average Bonchev–Trinajstić information content (AvgIpc) is 2.34. The van der Waals surface area contributed by atoms with Gasteiger partial charge in [-0.25, -0.2) is 0 Å². The summed E-state index contributed by atoms with van der Waals surface area (Å²) in [5.41, 5.74) is 0. The van der Waals surface area contributed by atoms with Crippen LogP contribution in [0.4, 0.5) is 0 Å². The van der Waals surface area contributed by atoms with Crippen molar-refractivity contribution in [2.24, 2.45) is 11.8 Å². The maximum atomic E-state index is 12.0. The molecule has 0 radical (unpaired) electrons. The molecule has 4 heteroatoms. The number of amides is 1. The van der Waals surface area contributed by atoms with E-state index >= 15 is 0 Å². The Kier molecular flexibility index (Phi) is 7.08. The summed E-state index contributed by atoms with van der Waals surface area (Å²) in [6, 6.07) is 0. The minimum atomic E-state index is -0.297. The number of carbonyl (C=O) groups is 1. The molecule has 1 saturated heterocycles. The van der Waals surface area contributed by atoms with Crippen LogP contribution in [0, 0.1) is 11.8 Å². The predicted molar refractivity (Wildman–Crippen MR) is 77.8 cm³/mol. The predicted octanol–water partition coefficient (Wildman–Crippen LogP) is 2.39. The lowest BCUT2D eigenvalue weighted by Crippen LogP contribution is -2.43. The Balaban J connectivity index is 2.24. The molecule has 0 spiro atoms. The zero-order chi connectivity index (χ0) is 13.5. The first-order chi connectivity index (χ1) is 8.50. The molecule has 1 amide bonds. The van der Waals surface area contributed by atoms with Crippen molar-refractivity contribution in [1.82, 2.24) is 4.90 Å². The topological polar surface area (TPSA) is 40.5 Å². The molecule has 0 saturated carbocycles. The van der Waals surface area contributed by atoms with Gasteiger partial charge in [-0.2, -0.15) is 11.8 Å². The molecular formula is C14H27NO2S. The number of likely N-dealkylation sites (tertiary alicyclic amines) is 1. The third-order valence-electron chi connectivity index (χ3n) is 3.56. The summed E-state index contributed by atoms with van der Waals surface area (Å²) in [5.74, 6) is 2.88. The zero-order valence-electron chi connectivity index (χ0n) is 11.9. The normalized spacial score (nSPS) is 22.3. The third-order valence-corrected chi connectivity index (χ3v) is 4.53. The summed E-state index contributed by atoms with van der Waals surface area (Å²) in [7, 11) is 0. The highest BCUT2D eigenvalue weighted by atomic mass is 32.2. The summed E-state index contributed by atoms with van der Waals surface area (Å²) in [5, 5.41) is 9.61. The maximum Gasteiger partial charge on any atom is 0.232 e. The lowest BCUT2D eigenvalue weighted by molar-refractivity contribution is -0.130. The number of hydrogen-bond donors (Lipinski definition) is 1. The summed E-state index contributed by atoms with van der Waals surface area (Å²) in [6.45, 7) is 7.85. The SMILES string of the molecule is CC(C)CCSCC(=O)N1CCCC(C(C)O)C1. The maximum absolute atomic E-state index is 12.0. The number of piperidine rings is 1. The van der Waals surface area contributed by atoms with E-state index in [9.17, 15) is 9.90 Å². The number of carbonyl (C=O) groups excluding carboxylic acids is 1. The summed E-state index contributed by atoms with van der Waals surface area (Å²) < 4.78 is 0. The first-order valence-corrected chi connectivity index (χ1v) is 8.19. The van der Waals surface area contributed by atoms with E-state index < -0.39 is 0 Å². The summed E-state index contributed by atoms with van der Waals surface area (Å²) in [6.07, 6.45) is 2.95. The fourth-order valence-electron chi connectivity index (χ4n) is 2.20. The van der Waals surface area contributed by atoms with Gasteiger partial charge in [-0.05, 0) is 37.9 Å². The molecule has 18 heavy (non-hydrogen) atoms.